The van der Waals surface area contributed by atoms with Gasteiger partial charge in [-0.25, -0.2) is 0 Å². The molecule has 1 aromatic carbocycles. The summed E-state index contributed by atoms with van der Waals surface area (Å²) in [6.45, 7) is 3.57. The molecule has 2 fully saturated rings. The second kappa shape index (κ2) is 6.40. The molecular formula is C17H24N2O. The summed E-state index contributed by atoms with van der Waals surface area (Å²) in [6.07, 6.45) is 5.67. The van der Waals surface area contributed by atoms with Crippen molar-refractivity contribution < 1.29 is 4.79 Å². The summed E-state index contributed by atoms with van der Waals surface area (Å²) in [7, 11) is 0. The van der Waals surface area contributed by atoms with E-state index < -0.39 is 0 Å². The predicted molar refractivity (Wildman–Crippen MR) is 80.6 cm³/mol. The first kappa shape index (κ1) is 13.6. The first-order valence-corrected chi connectivity index (χ1v) is 7.90. The molecule has 3 heteroatoms. The Balaban J connectivity index is 1.38. The van der Waals surface area contributed by atoms with Gasteiger partial charge in [0, 0.05) is 32.6 Å². The fourth-order valence-corrected chi connectivity index (χ4v) is 2.93. The number of hydrogen-bond acceptors (Lipinski definition) is 2. The highest BCUT2D eigenvalue weighted by Gasteiger charge is 2.23. The van der Waals surface area contributed by atoms with Crippen molar-refractivity contribution in [3.63, 3.8) is 0 Å². The second-order valence-electron chi connectivity index (χ2n) is 6.03. The van der Waals surface area contributed by atoms with Crippen LogP contribution >= 0.6 is 0 Å². The number of nitrogens with one attached hydrogen (secondary N) is 1. The molecule has 20 heavy (non-hydrogen) atoms. The Bertz CT molecular complexity index is 462. The Morgan fingerprint density at radius 3 is 2.80 bits per heavy atom. The number of rotatable bonds is 6. The Kier molecular flexibility index (Phi) is 4.36. The van der Waals surface area contributed by atoms with E-state index in [1.165, 1.54) is 36.8 Å². The maximum atomic E-state index is 11.9. The molecule has 0 atom stereocenters. The lowest BCUT2D eigenvalue weighted by molar-refractivity contribution is -0.130. The third-order valence-corrected chi connectivity index (χ3v) is 4.30. The van der Waals surface area contributed by atoms with Crippen molar-refractivity contribution in [2.24, 2.45) is 0 Å². The van der Waals surface area contributed by atoms with Crippen LogP contribution in [0.4, 0.5) is 0 Å². The number of nitrogens with zero attached hydrogens (tertiary/aromatic N) is 1. The lowest BCUT2D eigenvalue weighted by Crippen LogP contribution is -2.30. The average Bonchev–Trinajstić information content (AvgIpc) is 3.18. The highest BCUT2D eigenvalue weighted by atomic mass is 16.2. The second-order valence-corrected chi connectivity index (χ2v) is 6.03. The first-order chi connectivity index (χ1) is 9.83. The number of carbonyl (C=O) groups is 1. The summed E-state index contributed by atoms with van der Waals surface area (Å²) in [5.41, 5.74) is 2.82. The van der Waals surface area contributed by atoms with Crippen LogP contribution in [-0.4, -0.2) is 30.4 Å². The van der Waals surface area contributed by atoms with Crippen molar-refractivity contribution in [1.29, 1.82) is 0 Å². The zero-order valence-electron chi connectivity index (χ0n) is 12.1. The van der Waals surface area contributed by atoms with Crippen LogP contribution in [0.1, 0.15) is 49.1 Å². The highest BCUT2D eigenvalue weighted by Crippen LogP contribution is 2.40. The molecule has 1 heterocycles. The van der Waals surface area contributed by atoms with Crippen molar-refractivity contribution >= 4 is 5.91 Å². The van der Waals surface area contributed by atoms with Crippen molar-refractivity contribution in [2.45, 2.75) is 44.6 Å². The van der Waals surface area contributed by atoms with Gasteiger partial charge in [0.25, 0.3) is 0 Å². The minimum Gasteiger partial charge on any atom is -0.343 e. The van der Waals surface area contributed by atoms with Gasteiger partial charge < -0.3 is 10.2 Å². The Morgan fingerprint density at radius 1 is 1.25 bits per heavy atom. The van der Waals surface area contributed by atoms with E-state index in [1.807, 2.05) is 4.90 Å². The average molecular weight is 272 g/mol. The lowest BCUT2D eigenvalue weighted by atomic mass is 10.1. The maximum absolute atomic E-state index is 11.9. The molecule has 1 aliphatic carbocycles. The van der Waals surface area contributed by atoms with E-state index in [2.05, 4.69) is 29.6 Å². The molecule has 3 rings (SSSR count). The summed E-state index contributed by atoms with van der Waals surface area (Å²) >= 11 is 0. The van der Waals surface area contributed by atoms with E-state index in [0.717, 1.165) is 32.1 Å². The van der Waals surface area contributed by atoms with Crippen LogP contribution in [0, 0.1) is 0 Å². The first-order valence-electron chi connectivity index (χ1n) is 7.90. The third kappa shape index (κ3) is 3.60. The molecule has 1 saturated carbocycles. The molecule has 0 aromatic heterocycles. The summed E-state index contributed by atoms with van der Waals surface area (Å²) < 4.78 is 0. The summed E-state index contributed by atoms with van der Waals surface area (Å²) in [4.78, 5) is 13.9. The molecule has 1 aliphatic heterocycles. The molecular weight excluding hydrogens is 248 g/mol. The Hall–Kier alpha value is -1.35. The molecule has 0 radical (unpaired) electrons. The molecule has 2 aliphatic rings. The Morgan fingerprint density at radius 2 is 2.05 bits per heavy atom. The van der Waals surface area contributed by atoms with Gasteiger partial charge in [0.05, 0.1) is 0 Å². The van der Waals surface area contributed by atoms with Gasteiger partial charge in [0.2, 0.25) is 5.91 Å². The van der Waals surface area contributed by atoms with Gasteiger partial charge in [0.1, 0.15) is 0 Å². The molecule has 1 saturated heterocycles. The predicted octanol–water partition coefficient (Wildman–Crippen LogP) is 2.67. The number of likely N-dealkylation sites (tertiary alicyclic amines) is 1. The quantitative estimate of drug-likeness (QED) is 0.808. The minimum absolute atomic E-state index is 0.307. The van der Waals surface area contributed by atoms with Crippen molar-refractivity contribution in [2.75, 3.05) is 19.6 Å². The maximum Gasteiger partial charge on any atom is 0.223 e. The fourth-order valence-electron chi connectivity index (χ4n) is 2.93. The molecule has 1 N–H and O–H groups in total. The lowest BCUT2D eigenvalue weighted by Gasteiger charge is -2.15. The fraction of sp³-hybridized carbons (Fsp3) is 0.588. The van der Waals surface area contributed by atoms with E-state index in [-0.39, 0.29) is 0 Å². The Labute approximate surface area is 121 Å². The molecule has 1 amide bonds. The van der Waals surface area contributed by atoms with E-state index >= 15 is 0 Å². The van der Waals surface area contributed by atoms with Crippen molar-refractivity contribution in [3.05, 3.63) is 35.4 Å². The number of benzene rings is 1. The topological polar surface area (TPSA) is 32.3 Å². The monoisotopic (exact) mass is 272 g/mol. The molecule has 1 aromatic rings. The summed E-state index contributed by atoms with van der Waals surface area (Å²) in [5.74, 6) is 1.12. The van der Waals surface area contributed by atoms with Gasteiger partial charge in [-0.1, -0.05) is 24.3 Å². The van der Waals surface area contributed by atoms with Crippen LogP contribution in [0.2, 0.25) is 0 Å². The van der Waals surface area contributed by atoms with Crippen LogP contribution in [-0.2, 0) is 11.3 Å². The smallest absolute Gasteiger partial charge is 0.223 e. The zero-order valence-corrected chi connectivity index (χ0v) is 12.1. The van der Waals surface area contributed by atoms with Gasteiger partial charge >= 0.3 is 0 Å². The van der Waals surface area contributed by atoms with Gasteiger partial charge in [-0.05, 0) is 42.7 Å². The standard InChI is InChI=1S/C17H24N2O/c20-17(19-10-1-2-11-19)8-9-18-13-14-4-3-5-16(12-14)15-6-7-15/h3-5,12,15,18H,1-2,6-11,13H2. The SMILES string of the molecule is O=C(CCNCc1cccc(C2CC2)c1)N1CCCC1. The van der Waals surface area contributed by atoms with Gasteiger partial charge in [0.15, 0.2) is 0 Å². The largest absolute Gasteiger partial charge is 0.343 e. The normalized spacial score (nSPS) is 18.5. The van der Waals surface area contributed by atoms with Crippen molar-refractivity contribution in [3.8, 4) is 0 Å². The molecule has 0 unspecified atom stereocenters. The van der Waals surface area contributed by atoms with Crippen molar-refractivity contribution in [1.82, 2.24) is 10.2 Å². The van der Waals surface area contributed by atoms with Crippen LogP contribution in [0.3, 0.4) is 0 Å². The van der Waals surface area contributed by atoms with E-state index in [4.69, 9.17) is 0 Å². The molecule has 0 spiro atoms. The van der Waals surface area contributed by atoms with Gasteiger partial charge in [-0.15, -0.1) is 0 Å². The number of hydrogen-bond donors (Lipinski definition) is 1. The van der Waals surface area contributed by atoms with E-state index in [1.54, 1.807) is 0 Å². The van der Waals surface area contributed by atoms with Crippen LogP contribution < -0.4 is 5.32 Å². The van der Waals surface area contributed by atoms with E-state index in [9.17, 15) is 4.79 Å². The summed E-state index contributed by atoms with van der Waals surface area (Å²) in [5, 5.41) is 3.40. The molecule has 0 bridgehead atoms. The zero-order chi connectivity index (χ0) is 13.8. The van der Waals surface area contributed by atoms with Crippen LogP contribution in [0.5, 0.6) is 0 Å². The van der Waals surface area contributed by atoms with E-state index in [0.29, 0.717) is 12.3 Å². The van der Waals surface area contributed by atoms with Gasteiger partial charge in [-0.2, -0.15) is 0 Å². The van der Waals surface area contributed by atoms with Crippen LogP contribution in [0.15, 0.2) is 24.3 Å². The van der Waals surface area contributed by atoms with Gasteiger partial charge in [-0.3, -0.25) is 4.79 Å². The highest BCUT2D eigenvalue weighted by molar-refractivity contribution is 5.76. The molecule has 108 valence electrons. The number of carbonyl (C=O) groups excluding carboxylic acids is 1. The number of amides is 1. The van der Waals surface area contributed by atoms with Crippen LogP contribution in [0.25, 0.3) is 0 Å². The third-order valence-electron chi connectivity index (χ3n) is 4.30. The summed E-state index contributed by atoms with van der Waals surface area (Å²) in [6, 6.07) is 8.87. The molecule has 3 nitrogen and oxygen atoms in total. The minimum atomic E-state index is 0.307.